The van der Waals surface area contributed by atoms with E-state index in [1.165, 1.54) is 22.5 Å². The highest BCUT2D eigenvalue weighted by Crippen LogP contribution is 2.19. The lowest BCUT2D eigenvalue weighted by Crippen LogP contribution is -2.20. The quantitative estimate of drug-likeness (QED) is 0.885. The maximum Gasteiger partial charge on any atom is 0.326 e. The maximum absolute atomic E-state index is 10.8. The summed E-state index contributed by atoms with van der Waals surface area (Å²) in [4.78, 5) is 15.0. The summed E-state index contributed by atoms with van der Waals surface area (Å²) in [6.07, 6.45) is 0.707. The van der Waals surface area contributed by atoms with E-state index in [-0.39, 0.29) is 0 Å². The number of nitrogens with zero attached hydrogens (tertiary/aromatic N) is 1. The monoisotopic (exact) mass is 262 g/mol. The molecule has 2 aromatic rings. The molecule has 4 nitrogen and oxygen atoms in total. The number of hydrogen-bond acceptors (Lipinski definition) is 4. The van der Waals surface area contributed by atoms with Crippen LogP contribution in [0.2, 0.25) is 0 Å². The van der Waals surface area contributed by atoms with E-state index >= 15 is 0 Å². The molecule has 3 N–H and O–H groups in total. The molecular weight excluding hydrogens is 248 g/mol. The van der Waals surface area contributed by atoms with Crippen LogP contribution in [-0.4, -0.2) is 16.1 Å². The van der Waals surface area contributed by atoms with E-state index in [1.54, 1.807) is 5.38 Å². The van der Waals surface area contributed by atoms with Crippen LogP contribution in [0.15, 0.2) is 29.6 Å². The van der Waals surface area contributed by atoms with Gasteiger partial charge in [-0.2, -0.15) is 0 Å². The van der Waals surface area contributed by atoms with Crippen molar-refractivity contribution in [2.24, 2.45) is 5.73 Å². The highest BCUT2D eigenvalue weighted by atomic mass is 32.1. The summed E-state index contributed by atoms with van der Waals surface area (Å²) >= 11 is 1.44. The predicted octanol–water partition coefficient (Wildman–Crippen LogP) is 2.13. The Morgan fingerprint density at radius 1 is 1.56 bits per heavy atom. The summed E-state index contributed by atoms with van der Waals surface area (Å²) in [7, 11) is 0. The third kappa shape index (κ3) is 2.94. The Balaban J connectivity index is 2.14. The summed E-state index contributed by atoms with van der Waals surface area (Å²) in [6, 6.07) is 7.13. The van der Waals surface area contributed by atoms with Crippen molar-refractivity contribution in [1.29, 1.82) is 0 Å². The second-order valence-corrected chi connectivity index (χ2v) is 5.09. The van der Waals surface area contributed by atoms with Crippen LogP contribution in [0.25, 0.3) is 0 Å². The van der Waals surface area contributed by atoms with Gasteiger partial charge in [0.25, 0.3) is 0 Å². The number of carbonyl (C=O) groups is 1. The van der Waals surface area contributed by atoms with Gasteiger partial charge in [-0.25, -0.2) is 4.98 Å². The Hall–Kier alpha value is -1.72. The number of hydrogen-bond donors (Lipinski definition) is 2. The largest absolute Gasteiger partial charge is 0.480 e. The molecule has 1 atom stereocenters. The molecule has 1 heterocycles. The van der Waals surface area contributed by atoms with Gasteiger partial charge in [0.15, 0.2) is 0 Å². The first kappa shape index (κ1) is 12.7. The van der Waals surface area contributed by atoms with Gasteiger partial charge < -0.3 is 10.8 Å². The van der Waals surface area contributed by atoms with Gasteiger partial charge in [0.05, 0.1) is 10.7 Å². The fourth-order valence-corrected chi connectivity index (χ4v) is 2.54. The van der Waals surface area contributed by atoms with Gasteiger partial charge in [-0.05, 0) is 12.5 Å². The number of thiazole rings is 1. The molecule has 18 heavy (non-hydrogen) atoms. The van der Waals surface area contributed by atoms with Crippen LogP contribution in [0.4, 0.5) is 0 Å². The Labute approximate surface area is 109 Å². The van der Waals surface area contributed by atoms with Gasteiger partial charge in [-0.1, -0.05) is 29.8 Å². The van der Waals surface area contributed by atoms with Gasteiger partial charge in [-0.3, -0.25) is 4.79 Å². The van der Waals surface area contributed by atoms with Gasteiger partial charge in [0.1, 0.15) is 6.04 Å². The van der Waals surface area contributed by atoms with Gasteiger partial charge >= 0.3 is 5.97 Å². The zero-order valence-corrected chi connectivity index (χ0v) is 10.8. The third-order valence-electron chi connectivity index (χ3n) is 2.59. The Kier molecular flexibility index (Phi) is 3.74. The maximum atomic E-state index is 10.8. The molecule has 5 heteroatoms. The van der Waals surface area contributed by atoms with Crippen molar-refractivity contribution < 1.29 is 9.90 Å². The average Bonchev–Trinajstić information content (AvgIpc) is 2.76. The molecule has 0 spiro atoms. The van der Waals surface area contributed by atoms with Gasteiger partial charge in [0, 0.05) is 11.8 Å². The molecule has 0 aliphatic rings. The van der Waals surface area contributed by atoms with E-state index in [0.29, 0.717) is 12.1 Å². The van der Waals surface area contributed by atoms with E-state index in [9.17, 15) is 4.79 Å². The highest BCUT2D eigenvalue weighted by molar-refractivity contribution is 7.09. The second kappa shape index (κ2) is 5.29. The van der Waals surface area contributed by atoms with Crippen LogP contribution >= 0.6 is 11.3 Å². The number of nitrogens with two attached hydrogens (primary N) is 1. The van der Waals surface area contributed by atoms with Crippen molar-refractivity contribution in [2.75, 3.05) is 0 Å². The normalized spacial score (nSPS) is 12.3. The van der Waals surface area contributed by atoms with Crippen molar-refractivity contribution in [3.8, 4) is 0 Å². The van der Waals surface area contributed by atoms with Crippen molar-refractivity contribution in [2.45, 2.75) is 19.4 Å². The summed E-state index contributed by atoms with van der Waals surface area (Å²) in [5.74, 6) is -1.05. The van der Waals surface area contributed by atoms with Crippen LogP contribution < -0.4 is 5.73 Å². The van der Waals surface area contributed by atoms with Crippen molar-refractivity contribution in [3.05, 3.63) is 51.5 Å². The zero-order valence-electron chi connectivity index (χ0n) is 9.96. The first-order valence-corrected chi connectivity index (χ1v) is 6.42. The molecule has 2 rings (SSSR count). The minimum atomic E-state index is -1.05. The molecule has 0 amide bonds. The highest BCUT2D eigenvalue weighted by Gasteiger charge is 2.17. The number of aliphatic carboxylic acids is 1. The third-order valence-corrected chi connectivity index (χ3v) is 3.46. The second-order valence-electron chi connectivity index (χ2n) is 4.15. The van der Waals surface area contributed by atoms with E-state index < -0.39 is 12.0 Å². The number of carboxylic acids is 1. The molecule has 0 saturated heterocycles. The Morgan fingerprint density at radius 2 is 2.33 bits per heavy atom. The van der Waals surface area contributed by atoms with E-state index in [2.05, 4.69) is 11.1 Å². The Morgan fingerprint density at radius 3 is 3.00 bits per heavy atom. The number of aryl methyl sites for hydroxylation is 1. The summed E-state index contributed by atoms with van der Waals surface area (Å²) in [5.41, 5.74) is 8.31. The number of carboxylic acid groups (broad SMARTS) is 1. The van der Waals surface area contributed by atoms with Crippen LogP contribution in [-0.2, 0) is 11.2 Å². The number of benzene rings is 1. The molecule has 0 radical (unpaired) electrons. The Bertz CT molecular complexity index is 566. The van der Waals surface area contributed by atoms with Crippen LogP contribution in [0.3, 0.4) is 0 Å². The SMILES string of the molecule is Cc1cccc(Cc2nc(C(N)C(=O)O)cs2)c1. The molecule has 0 aliphatic carbocycles. The van der Waals surface area contributed by atoms with Gasteiger partial charge in [-0.15, -0.1) is 11.3 Å². The molecular formula is C13H14N2O2S. The molecule has 94 valence electrons. The molecule has 0 fully saturated rings. The summed E-state index contributed by atoms with van der Waals surface area (Å²) in [6.45, 7) is 2.04. The molecule has 1 aromatic carbocycles. The van der Waals surface area contributed by atoms with Crippen LogP contribution in [0.5, 0.6) is 0 Å². The van der Waals surface area contributed by atoms with Crippen LogP contribution in [0.1, 0.15) is 27.9 Å². The van der Waals surface area contributed by atoms with Crippen molar-refractivity contribution in [3.63, 3.8) is 0 Å². The van der Waals surface area contributed by atoms with E-state index in [4.69, 9.17) is 10.8 Å². The smallest absolute Gasteiger partial charge is 0.326 e. The molecule has 1 aromatic heterocycles. The lowest BCUT2D eigenvalue weighted by molar-refractivity contribution is -0.138. The molecule has 0 bridgehead atoms. The fraction of sp³-hybridized carbons (Fsp3) is 0.231. The topological polar surface area (TPSA) is 76.2 Å². The molecule has 0 saturated carbocycles. The van der Waals surface area contributed by atoms with Gasteiger partial charge in [0.2, 0.25) is 0 Å². The lowest BCUT2D eigenvalue weighted by atomic mass is 10.1. The minimum Gasteiger partial charge on any atom is -0.480 e. The molecule has 1 unspecified atom stereocenters. The van der Waals surface area contributed by atoms with Crippen molar-refractivity contribution >= 4 is 17.3 Å². The standard InChI is InChI=1S/C13H14N2O2S/c1-8-3-2-4-9(5-8)6-11-15-10(7-18-11)12(14)13(16)17/h2-5,7,12H,6,14H2,1H3,(H,16,17). The van der Waals surface area contributed by atoms with Crippen molar-refractivity contribution in [1.82, 2.24) is 4.98 Å². The predicted molar refractivity (Wildman–Crippen MR) is 70.7 cm³/mol. The summed E-state index contributed by atoms with van der Waals surface area (Å²) < 4.78 is 0. The first-order valence-electron chi connectivity index (χ1n) is 5.54. The number of rotatable bonds is 4. The minimum absolute atomic E-state index is 0.426. The average molecular weight is 262 g/mol. The molecule has 0 aliphatic heterocycles. The zero-order chi connectivity index (χ0) is 13.1. The van der Waals surface area contributed by atoms with E-state index in [1.807, 2.05) is 25.1 Å². The first-order chi connectivity index (χ1) is 8.56. The lowest BCUT2D eigenvalue weighted by Gasteiger charge is -2.01. The summed E-state index contributed by atoms with van der Waals surface area (Å²) in [5, 5.41) is 11.4. The van der Waals surface area contributed by atoms with E-state index in [0.717, 1.165) is 5.01 Å². The number of aromatic nitrogens is 1. The fourth-order valence-electron chi connectivity index (χ4n) is 1.67. The van der Waals surface area contributed by atoms with Crippen LogP contribution in [0, 0.1) is 6.92 Å².